The van der Waals surface area contributed by atoms with Crippen molar-refractivity contribution in [3.05, 3.63) is 53.5 Å². The minimum Gasteiger partial charge on any atom is -0.379 e. The highest BCUT2D eigenvalue weighted by atomic mass is 19.1. The average molecular weight is 435 g/mol. The first-order valence-electron chi connectivity index (χ1n) is 10.9. The molecule has 2 aliphatic heterocycles. The predicted molar refractivity (Wildman–Crippen MR) is 121 cm³/mol. The number of nitrogens with two attached hydrogens (primary N) is 1. The monoisotopic (exact) mass is 435 g/mol. The molecule has 3 aromatic rings. The first-order valence-corrected chi connectivity index (χ1v) is 10.9. The fourth-order valence-electron chi connectivity index (χ4n) is 4.99. The van der Waals surface area contributed by atoms with Gasteiger partial charge in [-0.3, -0.25) is 14.2 Å². The number of anilines is 1. The summed E-state index contributed by atoms with van der Waals surface area (Å²) in [6, 6.07) is 10.1. The number of hydrogen-bond acceptors (Lipinski definition) is 4. The molecule has 1 fully saturated rings. The molecule has 3 heterocycles. The minimum atomic E-state index is -0.514. The van der Waals surface area contributed by atoms with Crippen LogP contribution >= 0.6 is 0 Å². The number of nitrogens with zero attached hydrogens (tertiary/aromatic N) is 1. The van der Waals surface area contributed by atoms with Gasteiger partial charge in [0.15, 0.2) is 0 Å². The fourth-order valence-corrected chi connectivity index (χ4v) is 4.99. The maximum atomic E-state index is 14.1. The molecule has 0 saturated carbocycles. The van der Waals surface area contributed by atoms with Crippen LogP contribution in [0.1, 0.15) is 47.5 Å². The van der Waals surface area contributed by atoms with Crippen molar-refractivity contribution in [2.24, 2.45) is 11.1 Å². The summed E-state index contributed by atoms with van der Waals surface area (Å²) in [7, 11) is 0. The van der Waals surface area contributed by atoms with E-state index in [9.17, 15) is 14.0 Å². The standard InChI is InChI=1S/C25H26FN3O3/c1-25(2)11-21-23(18-6-4-15(26)10-20(18)29(21)22(30)12-25)14-3-5-17(24(27)31)19(9-14)28-16-7-8-32-13-16/h3-6,9-10,16,28H,7-8,11-13H2,1-2H3,(H2,27,31). The van der Waals surface area contributed by atoms with E-state index in [0.717, 1.165) is 28.6 Å². The molecule has 166 valence electrons. The van der Waals surface area contributed by atoms with Crippen molar-refractivity contribution in [1.29, 1.82) is 0 Å². The Balaban J connectivity index is 1.73. The quantitative estimate of drug-likeness (QED) is 0.638. The maximum absolute atomic E-state index is 14.1. The molecular formula is C25H26FN3O3. The first-order chi connectivity index (χ1) is 15.2. The summed E-state index contributed by atoms with van der Waals surface area (Å²) in [5.41, 5.74) is 9.66. The molecule has 1 atom stereocenters. The Morgan fingerprint density at radius 1 is 1.22 bits per heavy atom. The SMILES string of the molecule is CC1(C)CC(=O)n2c(c(-c3ccc(C(N)=O)c(NC4CCOC4)c3)c3ccc(F)cc32)C1. The number of aromatic nitrogens is 1. The summed E-state index contributed by atoms with van der Waals surface area (Å²) in [6.45, 7) is 5.37. The second-order valence-corrected chi connectivity index (χ2v) is 9.56. The van der Waals surface area contributed by atoms with Gasteiger partial charge in [-0.2, -0.15) is 0 Å². The molecule has 0 spiro atoms. The van der Waals surface area contributed by atoms with Gasteiger partial charge in [0.25, 0.3) is 5.91 Å². The highest BCUT2D eigenvalue weighted by Gasteiger charge is 2.35. The molecule has 1 saturated heterocycles. The second-order valence-electron chi connectivity index (χ2n) is 9.56. The summed E-state index contributed by atoms with van der Waals surface area (Å²) in [5.74, 6) is -0.928. The third-order valence-corrected chi connectivity index (χ3v) is 6.42. The van der Waals surface area contributed by atoms with E-state index in [1.54, 1.807) is 16.7 Å². The van der Waals surface area contributed by atoms with Crippen molar-refractivity contribution in [1.82, 2.24) is 4.57 Å². The van der Waals surface area contributed by atoms with Crippen LogP contribution in [0, 0.1) is 11.2 Å². The van der Waals surface area contributed by atoms with E-state index in [-0.39, 0.29) is 23.2 Å². The second kappa shape index (κ2) is 7.45. The number of carbonyl (C=O) groups excluding carboxylic acids is 2. The largest absolute Gasteiger partial charge is 0.379 e. The van der Waals surface area contributed by atoms with E-state index in [4.69, 9.17) is 10.5 Å². The number of fused-ring (bicyclic) bond motifs is 3. The third-order valence-electron chi connectivity index (χ3n) is 6.42. The van der Waals surface area contributed by atoms with Crippen LogP contribution in [-0.4, -0.2) is 35.6 Å². The Hall–Kier alpha value is -3.19. The van der Waals surface area contributed by atoms with Crippen LogP contribution in [0.3, 0.4) is 0 Å². The van der Waals surface area contributed by atoms with Gasteiger partial charge in [0, 0.05) is 35.4 Å². The normalized spacial score (nSPS) is 19.8. The zero-order chi connectivity index (χ0) is 22.6. The van der Waals surface area contributed by atoms with Crippen molar-refractivity contribution in [2.45, 2.75) is 39.2 Å². The van der Waals surface area contributed by atoms with Gasteiger partial charge in [0.1, 0.15) is 5.82 Å². The smallest absolute Gasteiger partial charge is 0.250 e. The third kappa shape index (κ3) is 3.46. The molecule has 6 nitrogen and oxygen atoms in total. The molecule has 32 heavy (non-hydrogen) atoms. The number of ether oxygens (including phenoxy) is 1. The average Bonchev–Trinajstić information content (AvgIpc) is 3.32. The maximum Gasteiger partial charge on any atom is 0.250 e. The van der Waals surface area contributed by atoms with Gasteiger partial charge in [-0.05, 0) is 54.2 Å². The van der Waals surface area contributed by atoms with Crippen LogP contribution in [0.5, 0.6) is 0 Å². The van der Waals surface area contributed by atoms with Crippen molar-refractivity contribution in [3.8, 4) is 11.1 Å². The Labute approximate surface area is 185 Å². The minimum absolute atomic E-state index is 0.0340. The van der Waals surface area contributed by atoms with Crippen molar-refractivity contribution in [2.75, 3.05) is 18.5 Å². The number of benzene rings is 2. The molecule has 2 aromatic carbocycles. The Morgan fingerprint density at radius 3 is 2.75 bits per heavy atom. The lowest BCUT2D eigenvalue weighted by atomic mass is 9.80. The molecule has 5 rings (SSSR count). The summed E-state index contributed by atoms with van der Waals surface area (Å²) in [4.78, 5) is 25.1. The van der Waals surface area contributed by atoms with Gasteiger partial charge >= 0.3 is 0 Å². The van der Waals surface area contributed by atoms with Gasteiger partial charge in [-0.15, -0.1) is 0 Å². The fraction of sp³-hybridized carbons (Fsp3) is 0.360. The van der Waals surface area contributed by atoms with E-state index in [0.29, 0.717) is 42.8 Å². The molecule has 1 aromatic heterocycles. The van der Waals surface area contributed by atoms with Crippen molar-refractivity contribution < 1.29 is 18.7 Å². The van der Waals surface area contributed by atoms with Crippen LogP contribution in [0.15, 0.2) is 36.4 Å². The van der Waals surface area contributed by atoms with Crippen LogP contribution < -0.4 is 11.1 Å². The van der Waals surface area contributed by atoms with Gasteiger partial charge in [-0.25, -0.2) is 4.39 Å². The molecule has 3 N–H and O–H groups in total. The Bertz CT molecular complexity index is 1260. The number of nitrogens with one attached hydrogen (secondary N) is 1. The molecule has 0 aliphatic carbocycles. The number of amides is 1. The predicted octanol–water partition coefficient (Wildman–Crippen LogP) is 4.36. The van der Waals surface area contributed by atoms with Gasteiger partial charge in [0.2, 0.25) is 5.91 Å². The van der Waals surface area contributed by atoms with Crippen LogP contribution in [0.4, 0.5) is 10.1 Å². The zero-order valence-electron chi connectivity index (χ0n) is 18.2. The Morgan fingerprint density at radius 2 is 2.03 bits per heavy atom. The lowest BCUT2D eigenvalue weighted by molar-refractivity contribution is 0.0816. The van der Waals surface area contributed by atoms with Crippen LogP contribution in [0.2, 0.25) is 0 Å². The van der Waals surface area contributed by atoms with E-state index < -0.39 is 5.91 Å². The Kier molecular flexibility index (Phi) is 4.82. The summed E-state index contributed by atoms with van der Waals surface area (Å²) < 4.78 is 21.3. The summed E-state index contributed by atoms with van der Waals surface area (Å²) in [5, 5.41) is 4.21. The molecule has 1 unspecified atom stereocenters. The molecule has 0 bridgehead atoms. The van der Waals surface area contributed by atoms with Crippen molar-refractivity contribution >= 4 is 28.4 Å². The molecule has 0 radical (unpaired) electrons. The zero-order valence-corrected chi connectivity index (χ0v) is 18.2. The van der Waals surface area contributed by atoms with Gasteiger partial charge < -0.3 is 15.8 Å². The highest BCUT2D eigenvalue weighted by molar-refractivity contribution is 6.06. The van der Waals surface area contributed by atoms with E-state index in [2.05, 4.69) is 19.2 Å². The van der Waals surface area contributed by atoms with Crippen molar-refractivity contribution in [3.63, 3.8) is 0 Å². The van der Waals surface area contributed by atoms with E-state index in [1.165, 1.54) is 12.1 Å². The van der Waals surface area contributed by atoms with Crippen LogP contribution in [0.25, 0.3) is 22.0 Å². The number of hydrogen-bond donors (Lipinski definition) is 2. The van der Waals surface area contributed by atoms with E-state index >= 15 is 0 Å². The summed E-state index contributed by atoms with van der Waals surface area (Å²) in [6.07, 6.45) is 1.92. The first kappa shape index (κ1) is 20.7. The molecule has 2 aliphatic rings. The number of halogens is 1. The van der Waals surface area contributed by atoms with Gasteiger partial charge in [0.05, 0.1) is 23.7 Å². The molecule has 1 amide bonds. The molecular weight excluding hydrogens is 409 g/mol. The van der Waals surface area contributed by atoms with Gasteiger partial charge in [-0.1, -0.05) is 19.9 Å². The summed E-state index contributed by atoms with van der Waals surface area (Å²) >= 11 is 0. The van der Waals surface area contributed by atoms with E-state index in [1.807, 2.05) is 12.1 Å². The number of carbonyl (C=O) groups is 2. The lowest BCUT2D eigenvalue weighted by Crippen LogP contribution is -2.31. The topological polar surface area (TPSA) is 86.4 Å². The molecule has 7 heteroatoms. The number of primary amides is 1. The lowest BCUT2D eigenvalue weighted by Gasteiger charge is -2.30. The highest BCUT2D eigenvalue weighted by Crippen LogP contribution is 2.43. The van der Waals surface area contributed by atoms with Crippen LogP contribution in [-0.2, 0) is 11.2 Å². The number of rotatable bonds is 4.